The van der Waals surface area contributed by atoms with E-state index in [9.17, 15) is 9.59 Å². The number of rotatable bonds is 8. The first-order valence-electron chi connectivity index (χ1n) is 9.76. The van der Waals surface area contributed by atoms with Crippen molar-refractivity contribution in [1.29, 1.82) is 0 Å². The zero-order valence-electron chi connectivity index (χ0n) is 17.1. The molecule has 0 saturated carbocycles. The highest BCUT2D eigenvalue weighted by Crippen LogP contribution is 2.33. The van der Waals surface area contributed by atoms with Crippen molar-refractivity contribution >= 4 is 11.7 Å². The summed E-state index contributed by atoms with van der Waals surface area (Å²) in [5.41, 5.74) is 1.62. The van der Waals surface area contributed by atoms with Gasteiger partial charge in [0.05, 0.1) is 27.4 Å². The second-order valence-corrected chi connectivity index (χ2v) is 7.01. The van der Waals surface area contributed by atoms with Crippen molar-refractivity contribution in [1.82, 2.24) is 4.90 Å². The lowest BCUT2D eigenvalue weighted by Gasteiger charge is -2.25. The van der Waals surface area contributed by atoms with Crippen LogP contribution in [-0.4, -0.2) is 44.5 Å². The van der Waals surface area contributed by atoms with Gasteiger partial charge in [0.15, 0.2) is 17.3 Å². The summed E-state index contributed by atoms with van der Waals surface area (Å²) < 4.78 is 15.7. The Hall–Kier alpha value is -3.02. The largest absolute Gasteiger partial charge is 0.497 e. The highest BCUT2D eigenvalue weighted by atomic mass is 16.5. The van der Waals surface area contributed by atoms with E-state index in [0.29, 0.717) is 17.1 Å². The number of ether oxygens (including phenoxy) is 3. The molecule has 0 N–H and O–H groups in total. The SMILES string of the molecule is COc1ccc([C@H]2CCCN2C(=O)CCC(=O)c2ccc(OC)c(OC)c2)cc1. The van der Waals surface area contributed by atoms with Gasteiger partial charge >= 0.3 is 0 Å². The molecule has 6 nitrogen and oxygen atoms in total. The molecule has 1 aliphatic rings. The normalized spacial score (nSPS) is 15.8. The van der Waals surface area contributed by atoms with Crippen LogP contribution in [0.15, 0.2) is 42.5 Å². The minimum absolute atomic E-state index is 0.0112. The first-order valence-corrected chi connectivity index (χ1v) is 9.76. The lowest BCUT2D eigenvalue weighted by Crippen LogP contribution is -2.30. The molecule has 1 atom stereocenters. The predicted octanol–water partition coefficient (Wildman–Crippen LogP) is 4.04. The van der Waals surface area contributed by atoms with Crippen molar-refractivity contribution in [2.24, 2.45) is 0 Å². The maximum absolute atomic E-state index is 12.8. The third-order valence-electron chi connectivity index (χ3n) is 5.35. The van der Waals surface area contributed by atoms with Gasteiger partial charge in [0.2, 0.25) is 5.91 Å². The van der Waals surface area contributed by atoms with Gasteiger partial charge in [0.1, 0.15) is 5.75 Å². The number of carbonyl (C=O) groups excluding carboxylic acids is 2. The fourth-order valence-electron chi connectivity index (χ4n) is 3.76. The van der Waals surface area contributed by atoms with Crippen molar-refractivity contribution in [2.75, 3.05) is 27.9 Å². The lowest BCUT2D eigenvalue weighted by atomic mass is 10.0. The van der Waals surface area contributed by atoms with E-state index in [-0.39, 0.29) is 30.6 Å². The Labute approximate surface area is 171 Å². The molecule has 154 valence electrons. The summed E-state index contributed by atoms with van der Waals surface area (Å²) >= 11 is 0. The van der Waals surface area contributed by atoms with Gasteiger partial charge in [0, 0.05) is 24.9 Å². The quantitative estimate of drug-likeness (QED) is 0.629. The Bertz CT molecular complexity index is 862. The molecule has 0 bridgehead atoms. The van der Waals surface area contributed by atoms with Crippen LogP contribution < -0.4 is 14.2 Å². The standard InChI is InChI=1S/C23H27NO5/c1-27-18-9-6-16(7-10-18)19-5-4-14-24(19)23(26)13-11-20(25)17-8-12-21(28-2)22(15-17)29-3/h6-10,12,15,19H,4-5,11,13-14H2,1-3H3/t19-/m1/s1. The van der Waals surface area contributed by atoms with Crippen molar-refractivity contribution in [3.63, 3.8) is 0 Å². The van der Waals surface area contributed by atoms with Gasteiger partial charge in [-0.15, -0.1) is 0 Å². The van der Waals surface area contributed by atoms with Gasteiger partial charge in [-0.1, -0.05) is 12.1 Å². The van der Waals surface area contributed by atoms with Crippen molar-refractivity contribution in [3.05, 3.63) is 53.6 Å². The van der Waals surface area contributed by atoms with E-state index < -0.39 is 0 Å². The smallest absolute Gasteiger partial charge is 0.223 e. The summed E-state index contributed by atoms with van der Waals surface area (Å²) in [6.07, 6.45) is 2.26. The fourth-order valence-corrected chi connectivity index (χ4v) is 3.76. The molecule has 0 unspecified atom stereocenters. The molecule has 29 heavy (non-hydrogen) atoms. The first kappa shape index (κ1) is 20.7. The molecule has 2 aromatic carbocycles. The van der Waals surface area contributed by atoms with Crippen LogP contribution in [0.4, 0.5) is 0 Å². The number of Topliss-reactive ketones (excluding diaryl/α,β-unsaturated/α-hetero) is 1. The van der Waals surface area contributed by atoms with Crippen LogP contribution in [0, 0.1) is 0 Å². The minimum Gasteiger partial charge on any atom is -0.497 e. The monoisotopic (exact) mass is 397 g/mol. The predicted molar refractivity (Wildman–Crippen MR) is 110 cm³/mol. The van der Waals surface area contributed by atoms with Crippen LogP contribution in [0.5, 0.6) is 17.2 Å². The molecule has 1 aliphatic heterocycles. The molecular formula is C23H27NO5. The zero-order valence-corrected chi connectivity index (χ0v) is 17.1. The van der Waals surface area contributed by atoms with E-state index in [1.54, 1.807) is 32.4 Å². The molecule has 0 aliphatic carbocycles. The molecule has 1 amide bonds. The number of nitrogens with zero attached hydrogens (tertiary/aromatic N) is 1. The molecule has 1 saturated heterocycles. The van der Waals surface area contributed by atoms with E-state index in [0.717, 1.165) is 30.7 Å². The molecule has 0 radical (unpaired) electrons. The van der Waals surface area contributed by atoms with E-state index in [4.69, 9.17) is 14.2 Å². The maximum atomic E-state index is 12.8. The number of ketones is 1. The van der Waals surface area contributed by atoms with Crippen molar-refractivity contribution in [3.8, 4) is 17.2 Å². The van der Waals surface area contributed by atoms with Gasteiger partial charge in [-0.3, -0.25) is 9.59 Å². The summed E-state index contributed by atoms with van der Waals surface area (Å²) in [5.74, 6) is 1.80. The van der Waals surface area contributed by atoms with Crippen LogP contribution in [-0.2, 0) is 4.79 Å². The number of methoxy groups -OCH3 is 3. The minimum atomic E-state index is -0.0838. The number of carbonyl (C=O) groups is 2. The lowest BCUT2D eigenvalue weighted by molar-refractivity contribution is -0.132. The number of amides is 1. The summed E-state index contributed by atoms with van der Waals surface area (Å²) in [5, 5.41) is 0. The Morgan fingerprint density at radius 2 is 1.66 bits per heavy atom. The molecule has 0 aromatic heterocycles. The van der Waals surface area contributed by atoms with Crippen LogP contribution in [0.1, 0.15) is 47.6 Å². The molecule has 6 heteroatoms. The van der Waals surface area contributed by atoms with E-state index in [2.05, 4.69) is 0 Å². The maximum Gasteiger partial charge on any atom is 0.223 e. The second kappa shape index (κ2) is 9.45. The Morgan fingerprint density at radius 3 is 2.31 bits per heavy atom. The van der Waals surface area contributed by atoms with Crippen LogP contribution in [0.25, 0.3) is 0 Å². The van der Waals surface area contributed by atoms with E-state index >= 15 is 0 Å². The van der Waals surface area contributed by atoms with Crippen molar-refractivity contribution < 1.29 is 23.8 Å². The summed E-state index contributed by atoms with van der Waals surface area (Å²) in [7, 11) is 4.71. The highest BCUT2D eigenvalue weighted by molar-refractivity contribution is 5.98. The average molecular weight is 397 g/mol. The molecule has 2 aromatic rings. The second-order valence-electron chi connectivity index (χ2n) is 7.01. The van der Waals surface area contributed by atoms with E-state index in [1.165, 1.54) is 7.11 Å². The van der Waals surface area contributed by atoms with Gasteiger partial charge in [-0.2, -0.15) is 0 Å². The molecule has 0 spiro atoms. The molecular weight excluding hydrogens is 370 g/mol. The third kappa shape index (κ3) is 4.70. The van der Waals surface area contributed by atoms with Crippen LogP contribution in [0.2, 0.25) is 0 Å². The summed E-state index contributed by atoms with van der Waals surface area (Å²) in [6.45, 7) is 0.722. The fraction of sp³-hybridized carbons (Fsp3) is 0.391. The molecule has 3 rings (SSSR count). The Morgan fingerprint density at radius 1 is 0.931 bits per heavy atom. The number of hydrogen-bond acceptors (Lipinski definition) is 5. The molecule has 1 heterocycles. The summed E-state index contributed by atoms with van der Waals surface area (Å²) in [6, 6.07) is 13.0. The Balaban J connectivity index is 1.62. The van der Waals surface area contributed by atoms with Gasteiger partial charge in [-0.05, 0) is 48.7 Å². The van der Waals surface area contributed by atoms with Crippen molar-refractivity contribution in [2.45, 2.75) is 31.7 Å². The third-order valence-corrected chi connectivity index (χ3v) is 5.35. The summed E-state index contributed by atoms with van der Waals surface area (Å²) in [4.78, 5) is 27.3. The number of benzene rings is 2. The van der Waals surface area contributed by atoms with Gasteiger partial charge in [-0.25, -0.2) is 0 Å². The van der Waals surface area contributed by atoms with Crippen LogP contribution in [0.3, 0.4) is 0 Å². The Kier molecular flexibility index (Phi) is 6.75. The van der Waals surface area contributed by atoms with Gasteiger partial charge in [0.25, 0.3) is 0 Å². The topological polar surface area (TPSA) is 65.1 Å². The van der Waals surface area contributed by atoms with Crippen LogP contribution >= 0.6 is 0 Å². The zero-order chi connectivity index (χ0) is 20.8. The molecule has 1 fully saturated rings. The average Bonchev–Trinajstić information content (AvgIpc) is 3.26. The highest BCUT2D eigenvalue weighted by Gasteiger charge is 2.30. The van der Waals surface area contributed by atoms with Gasteiger partial charge < -0.3 is 19.1 Å². The number of likely N-dealkylation sites (tertiary alicyclic amines) is 1. The first-order chi connectivity index (χ1) is 14.1. The number of hydrogen-bond donors (Lipinski definition) is 0. The van der Waals surface area contributed by atoms with E-state index in [1.807, 2.05) is 29.2 Å².